The first-order valence-corrected chi connectivity index (χ1v) is 10.5. The van der Waals surface area contributed by atoms with Gasteiger partial charge in [0.15, 0.2) is 0 Å². The number of halogens is 1. The summed E-state index contributed by atoms with van der Waals surface area (Å²) in [5, 5.41) is 9.49. The first kappa shape index (κ1) is 17.2. The van der Waals surface area contributed by atoms with Crippen LogP contribution in [0.25, 0.3) is 6.08 Å². The van der Waals surface area contributed by atoms with E-state index < -0.39 is 10.0 Å². The molecule has 0 aromatic carbocycles. The molecule has 1 saturated heterocycles. The van der Waals surface area contributed by atoms with Crippen LogP contribution in [-0.2, 0) is 10.0 Å². The minimum absolute atomic E-state index is 0.151. The van der Waals surface area contributed by atoms with Gasteiger partial charge in [0.2, 0.25) is 0 Å². The SMILES string of the molecule is O=S1(=O)c2sc(Cl)cc2C=CN1CCCCN1CCC(O)CC1. The van der Waals surface area contributed by atoms with Crippen molar-refractivity contribution in [1.29, 1.82) is 0 Å². The fourth-order valence-corrected chi connectivity index (χ4v) is 6.27. The summed E-state index contributed by atoms with van der Waals surface area (Å²) in [6.07, 6.45) is 6.74. The van der Waals surface area contributed by atoms with Crippen LogP contribution in [0.2, 0.25) is 4.34 Å². The number of thiophene rings is 1. The van der Waals surface area contributed by atoms with Crippen LogP contribution in [0.4, 0.5) is 0 Å². The zero-order chi connectivity index (χ0) is 16.4. The Morgan fingerprint density at radius 1 is 1.26 bits per heavy atom. The molecule has 1 N–H and O–H groups in total. The van der Waals surface area contributed by atoms with Gasteiger partial charge in [0.25, 0.3) is 10.0 Å². The summed E-state index contributed by atoms with van der Waals surface area (Å²) in [7, 11) is -3.44. The summed E-state index contributed by atoms with van der Waals surface area (Å²) in [6.45, 7) is 3.31. The molecule has 0 aliphatic carbocycles. The molecule has 0 unspecified atom stereocenters. The molecule has 3 heterocycles. The van der Waals surface area contributed by atoms with Gasteiger partial charge < -0.3 is 10.0 Å². The Morgan fingerprint density at radius 3 is 2.70 bits per heavy atom. The number of likely N-dealkylation sites (tertiary alicyclic amines) is 1. The van der Waals surface area contributed by atoms with Crippen LogP contribution in [0.5, 0.6) is 0 Å². The molecule has 0 atom stereocenters. The molecule has 8 heteroatoms. The topological polar surface area (TPSA) is 60.9 Å². The highest BCUT2D eigenvalue weighted by molar-refractivity contribution is 7.91. The van der Waals surface area contributed by atoms with Crippen LogP contribution >= 0.6 is 22.9 Å². The second kappa shape index (κ2) is 7.11. The van der Waals surface area contributed by atoms with Crippen molar-refractivity contribution in [3.63, 3.8) is 0 Å². The lowest BCUT2D eigenvalue weighted by Crippen LogP contribution is -2.36. The zero-order valence-corrected chi connectivity index (χ0v) is 15.2. The van der Waals surface area contributed by atoms with E-state index in [-0.39, 0.29) is 6.10 Å². The van der Waals surface area contributed by atoms with E-state index in [0.717, 1.165) is 56.7 Å². The van der Waals surface area contributed by atoms with E-state index in [1.807, 2.05) is 6.08 Å². The lowest BCUT2D eigenvalue weighted by atomic mass is 10.1. The van der Waals surface area contributed by atoms with Crippen molar-refractivity contribution in [1.82, 2.24) is 9.21 Å². The van der Waals surface area contributed by atoms with Gasteiger partial charge in [-0.1, -0.05) is 11.6 Å². The number of aliphatic hydroxyl groups is 1. The van der Waals surface area contributed by atoms with Gasteiger partial charge in [0.05, 0.1) is 10.4 Å². The molecular weight excluding hydrogens is 356 g/mol. The average molecular weight is 377 g/mol. The maximum Gasteiger partial charge on any atom is 0.273 e. The molecule has 0 radical (unpaired) electrons. The molecule has 5 nitrogen and oxygen atoms in total. The van der Waals surface area contributed by atoms with Crippen LogP contribution in [0, 0.1) is 0 Å². The number of hydrogen-bond acceptors (Lipinski definition) is 5. The summed E-state index contributed by atoms with van der Waals surface area (Å²) in [5.41, 5.74) is 0.683. The average Bonchev–Trinajstić information content (AvgIpc) is 2.89. The summed E-state index contributed by atoms with van der Waals surface area (Å²) in [6, 6.07) is 1.69. The van der Waals surface area contributed by atoms with Crippen molar-refractivity contribution >= 4 is 39.0 Å². The monoisotopic (exact) mass is 376 g/mol. The first-order valence-electron chi connectivity index (χ1n) is 7.86. The van der Waals surface area contributed by atoms with Crippen LogP contribution in [-0.4, -0.2) is 55.0 Å². The van der Waals surface area contributed by atoms with E-state index in [1.165, 1.54) is 4.31 Å². The van der Waals surface area contributed by atoms with Crippen molar-refractivity contribution in [2.75, 3.05) is 26.2 Å². The number of sulfonamides is 1. The molecule has 0 saturated carbocycles. The zero-order valence-electron chi connectivity index (χ0n) is 12.8. The number of aliphatic hydroxyl groups excluding tert-OH is 1. The van der Waals surface area contributed by atoms with E-state index >= 15 is 0 Å². The molecule has 1 aromatic rings. The molecule has 23 heavy (non-hydrogen) atoms. The van der Waals surface area contributed by atoms with E-state index in [4.69, 9.17) is 11.6 Å². The molecule has 1 fully saturated rings. The Labute approximate surface area is 146 Å². The Morgan fingerprint density at radius 2 is 1.96 bits per heavy atom. The van der Waals surface area contributed by atoms with E-state index in [0.29, 0.717) is 20.7 Å². The van der Waals surface area contributed by atoms with Crippen molar-refractivity contribution in [2.45, 2.75) is 36.0 Å². The van der Waals surface area contributed by atoms with Crippen LogP contribution in [0.15, 0.2) is 16.5 Å². The van der Waals surface area contributed by atoms with Gasteiger partial charge in [-0.3, -0.25) is 4.31 Å². The van der Waals surface area contributed by atoms with Crippen molar-refractivity contribution in [3.05, 3.63) is 22.2 Å². The molecule has 1 aromatic heterocycles. The van der Waals surface area contributed by atoms with Crippen molar-refractivity contribution in [2.24, 2.45) is 0 Å². The maximum atomic E-state index is 12.5. The summed E-state index contributed by atoms with van der Waals surface area (Å²) in [5.74, 6) is 0. The van der Waals surface area contributed by atoms with Gasteiger partial charge in [-0.25, -0.2) is 8.42 Å². The number of hydrogen-bond donors (Lipinski definition) is 1. The Balaban J connectivity index is 1.49. The molecule has 3 rings (SSSR count). The van der Waals surface area contributed by atoms with Crippen molar-refractivity contribution < 1.29 is 13.5 Å². The second-order valence-corrected chi connectivity index (χ2v) is 9.77. The molecule has 0 bridgehead atoms. The number of piperidine rings is 1. The number of rotatable bonds is 5. The maximum absolute atomic E-state index is 12.5. The largest absolute Gasteiger partial charge is 0.393 e. The Bertz CT molecular complexity index is 679. The number of unbranched alkanes of at least 4 members (excludes halogenated alkanes) is 1. The lowest BCUT2D eigenvalue weighted by molar-refractivity contribution is 0.0817. The molecular formula is C15H21ClN2O3S2. The third-order valence-corrected chi connectivity index (χ3v) is 7.90. The number of fused-ring (bicyclic) bond motifs is 1. The Kier molecular flexibility index (Phi) is 5.32. The summed E-state index contributed by atoms with van der Waals surface area (Å²) >= 11 is 7.04. The highest BCUT2D eigenvalue weighted by atomic mass is 35.5. The molecule has 0 spiro atoms. The highest BCUT2D eigenvalue weighted by Gasteiger charge is 2.29. The van der Waals surface area contributed by atoms with Gasteiger partial charge in [-0.15, -0.1) is 11.3 Å². The first-order chi connectivity index (χ1) is 11.0. The van der Waals surface area contributed by atoms with E-state index in [1.54, 1.807) is 12.3 Å². The summed E-state index contributed by atoms with van der Waals surface area (Å²) in [4.78, 5) is 2.34. The van der Waals surface area contributed by atoms with Gasteiger partial charge in [-0.2, -0.15) is 0 Å². The van der Waals surface area contributed by atoms with E-state index in [2.05, 4.69) is 4.90 Å². The minimum Gasteiger partial charge on any atom is -0.393 e. The van der Waals surface area contributed by atoms with Crippen LogP contribution < -0.4 is 0 Å². The van der Waals surface area contributed by atoms with Gasteiger partial charge in [-0.05, 0) is 44.4 Å². The van der Waals surface area contributed by atoms with Crippen molar-refractivity contribution in [3.8, 4) is 0 Å². The molecule has 2 aliphatic rings. The van der Waals surface area contributed by atoms with Crippen LogP contribution in [0.1, 0.15) is 31.2 Å². The Hall–Kier alpha value is -0.600. The molecule has 2 aliphatic heterocycles. The smallest absolute Gasteiger partial charge is 0.273 e. The second-order valence-electron chi connectivity index (χ2n) is 6.00. The van der Waals surface area contributed by atoms with Crippen LogP contribution in [0.3, 0.4) is 0 Å². The third-order valence-electron chi connectivity index (χ3n) is 4.32. The predicted molar refractivity (Wildman–Crippen MR) is 93.2 cm³/mol. The fraction of sp³-hybridized carbons (Fsp3) is 0.600. The fourth-order valence-electron chi connectivity index (χ4n) is 2.97. The highest BCUT2D eigenvalue weighted by Crippen LogP contribution is 2.36. The standard InChI is InChI=1S/C15H21ClN2O3S2/c16-14-11-12-3-10-18(23(20,21)15(12)22-14)7-2-1-6-17-8-4-13(19)5-9-17/h3,10-11,13,19H,1-2,4-9H2. The summed E-state index contributed by atoms with van der Waals surface area (Å²) < 4.78 is 27.3. The van der Waals surface area contributed by atoms with Gasteiger partial charge in [0.1, 0.15) is 4.21 Å². The lowest BCUT2D eigenvalue weighted by Gasteiger charge is -2.29. The third kappa shape index (κ3) is 3.91. The molecule has 0 amide bonds. The van der Waals surface area contributed by atoms with Gasteiger partial charge >= 0.3 is 0 Å². The quantitative estimate of drug-likeness (QED) is 0.802. The van der Waals surface area contributed by atoms with E-state index in [9.17, 15) is 13.5 Å². The van der Waals surface area contributed by atoms with Gasteiger partial charge in [0, 0.05) is 31.4 Å². The number of nitrogens with zero attached hydrogens (tertiary/aromatic N) is 2. The predicted octanol–water partition coefficient (Wildman–Crippen LogP) is 2.61. The molecule has 128 valence electrons. The normalized spacial score (nSPS) is 21.6. The minimum atomic E-state index is -3.44.